The van der Waals surface area contributed by atoms with Gasteiger partial charge in [0, 0.05) is 27.2 Å². The molecule has 0 aromatic rings. The summed E-state index contributed by atoms with van der Waals surface area (Å²) in [4.78, 5) is 17.5. The van der Waals surface area contributed by atoms with Crippen molar-refractivity contribution in [2.45, 2.75) is 58.3 Å². The molecule has 0 aliphatic heterocycles. The molecule has 6 heteroatoms. The summed E-state index contributed by atoms with van der Waals surface area (Å²) in [7, 11) is 3.51. The average Bonchev–Trinajstić information content (AvgIpc) is 3.01. The Bertz CT molecular complexity index is 341. The van der Waals surface area contributed by atoms with Crippen molar-refractivity contribution >= 4 is 35.8 Å². The lowest BCUT2D eigenvalue weighted by Crippen LogP contribution is -2.39. The molecule has 1 rings (SSSR count). The first-order chi connectivity index (χ1) is 10.6. The van der Waals surface area contributed by atoms with Gasteiger partial charge in [-0.1, -0.05) is 45.4 Å². The van der Waals surface area contributed by atoms with Gasteiger partial charge in [0.15, 0.2) is 5.96 Å². The number of unbranched alkanes of at least 4 members (excludes halogenated alkanes) is 1. The lowest BCUT2D eigenvalue weighted by atomic mass is 10.0. The van der Waals surface area contributed by atoms with Gasteiger partial charge < -0.3 is 15.5 Å². The molecular formula is C17H35IN4O. The van der Waals surface area contributed by atoms with Gasteiger partial charge >= 0.3 is 0 Å². The zero-order chi connectivity index (χ0) is 16.2. The van der Waals surface area contributed by atoms with E-state index in [1.54, 1.807) is 19.0 Å². The van der Waals surface area contributed by atoms with Crippen molar-refractivity contribution in [2.75, 3.05) is 33.7 Å². The van der Waals surface area contributed by atoms with Crippen molar-refractivity contribution in [3.05, 3.63) is 0 Å². The molecule has 0 unspecified atom stereocenters. The van der Waals surface area contributed by atoms with Crippen LogP contribution in [0.2, 0.25) is 0 Å². The number of likely N-dealkylation sites (N-methyl/N-ethyl adjacent to an activating group) is 1. The van der Waals surface area contributed by atoms with E-state index in [2.05, 4.69) is 22.5 Å². The van der Waals surface area contributed by atoms with E-state index in [-0.39, 0.29) is 36.4 Å². The van der Waals surface area contributed by atoms with E-state index in [0.29, 0.717) is 0 Å². The zero-order valence-electron chi connectivity index (χ0n) is 15.1. The first kappa shape index (κ1) is 22.5. The Balaban J connectivity index is 0.00000484. The molecule has 1 aliphatic rings. The highest BCUT2D eigenvalue weighted by atomic mass is 127. The maximum Gasteiger partial charge on any atom is 0.243 e. The van der Waals surface area contributed by atoms with Crippen LogP contribution in [0.3, 0.4) is 0 Å². The van der Waals surface area contributed by atoms with Gasteiger partial charge in [-0.2, -0.15) is 0 Å². The van der Waals surface area contributed by atoms with Gasteiger partial charge in [0.05, 0.1) is 0 Å². The van der Waals surface area contributed by atoms with Crippen molar-refractivity contribution in [1.29, 1.82) is 0 Å². The van der Waals surface area contributed by atoms with Crippen LogP contribution in [0.15, 0.2) is 4.99 Å². The van der Waals surface area contributed by atoms with Gasteiger partial charge in [-0.15, -0.1) is 24.0 Å². The second-order valence-electron chi connectivity index (χ2n) is 6.45. The SMILES string of the molecule is CCCNC(=NCC(=O)N(C)C)NCCCCC1CCCC1.I. The van der Waals surface area contributed by atoms with Gasteiger partial charge in [-0.25, -0.2) is 4.99 Å². The molecule has 1 fully saturated rings. The first-order valence-corrected chi connectivity index (χ1v) is 8.85. The van der Waals surface area contributed by atoms with Crippen LogP contribution in [-0.2, 0) is 4.79 Å². The molecule has 0 heterocycles. The van der Waals surface area contributed by atoms with Crippen molar-refractivity contribution in [3.8, 4) is 0 Å². The zero-order valence-corrected chi connectivity index (χ0v) is 17.4. The number of carbonyl (C=O) groups excluding carboxylic acids is 1. The van der Waals surface area contributed by atoms with Crippen LogP contribution >= 0.6 is 24.0 Å². The van der Waals surface area contributed by atoms with Gasteiger partial charge in [0.1, 0.15) is 6.54 Å². The highest BCUT2D eigenvalue weighted by molar-refractivity contribution is 14.0. The molecule has 23 heavy (non-hydrogen) atoms. The summed E-state index contributed by atoms with van der Waals surface area (Å²) < 4.78 is 0. The lowest BCUT2D eigenvalue weighted by Gasteiger charge is -2.14. The van der Waals surface area contributed by atoms with E-state index in [0.717, 1.165) is 31.4 Å². The summed E-state index contributed by atoms with van der Waals surface area (Å²) in [5, 5.41) is 6.61. The molecule has 0 atom stereocenters. The summed E-state index contributed by atoms with van der Waals surface area (Å²) in [6.07, 6.45) is 10.6. The van der Waals surface area contributed by atoms with Gasteiger partial charge in [0.25, 0.3) is 0 Å². The van der Waals surface area contributed by atoms with Crippen LogP contribution < -0.4 is 10.6 Å². The quantitative estimate of drug-likeness (QED) is 0.252. The van der Waals surface area contributed by atoms with Crippen molar-refractivity contribution in [1.82, 2.24) is 15.5 Å². The molecule has 0 spiro atoms. The number of halogens is 1. The van der Waals surface area contributed by atoms with E-state index >= 15 is 0 Å². The fourth-order valence-electron chi connectivity index (χ4n) is 2.77. The Hall–Kier alpha value is -0.530. The summed E-state index contributed by atoms with van der Waals surface area (Å²) >= 11 is 0. The van der Waals surface area contributed by atoms with Gasteiger partial charge in [-0.05, 0) is 18.8 Å². The number of hydrogen-bond donors (Lipinski definition) is 2. The molecule has 0 radical (unpaired) electrons. The highest BCUT2D eigenvalue weighted by Crippen LogP contribution is 2.28. The first-order valence-electron chi connectivity index (χ1n) is 8.85. The third kappa shape index (κ3) is 10.8. The number of hydrogen-bond acceptors (Lipinski definition) is 2. The number of aliphatic imine (C=N–C) groups is 1. The number of carbonyl (C=O) groups is 1. The third-order valence-corrected chi connectivity index (χ3v) is 4.22. The van der Waals surface area contributed by atoms with Crippen LogP contribution in [0.1, 0.15) is 58.3 Å². The molecule has 5 nitrogen and oxygen atoms in total. The van der Waals surface area contributed by atoms with Crippen molar-refractivity contribution in [3.63, 3.8) is 0 Å². The summed E-state index contributed by atoms with van der Waals surface area (Å²) in [5.41, 5.74) is 0. The molecule has 136 valence electrons. The predicted octanol–water partition coefficient (Wildman–Crippen LogP) is 3.00. The van der Waals surface area contributed by atoms with Gasteiger partial charge in [0.2, 0.25) is 5.91 Å². The van der Waals surface area contributed by atoms with E-state index in [1.807, 2.05) is 0 Å². The summed E-state index contributed by atoms with van der Waals surface area (Å²) in [6, 6.07) is 0. The number of nitrogens with one attached hydrogen (secondary N) is 2. The fraction of sp³-hybridized carbons (Fsp3) is 0.882. The molecule has 1 aliphatic carbocycles. The van der Waals surface area contributed by atoms with Crippen LogP contribution in [-0.4, -0.2) is 50.5 Å². The molecule has 1 saturated carbocycles. The molecule has 0 bridgehead atoms. The van der Waals surface area contributed by atoms with Crippen LogP contribution in [0.25, 0.3) is 0 Å². The van der Waals surface area contributed by atoms with Crippen LogP contribution in [0.4, 0.5) is 0 Å². The monoisotopic (exact) mass is 438 g/mol. The Labute approximate surface area is 159 Å². The molecule has 0 aromatic heterocycles. The average molecular weight is 438 g/mol. The molecule has 0 saturated heterocycles. The van der Waals surface area contributed by atoms with E-state index in [9.17, 15) is 4.79 Å². The van der Waals surface area contributed by atoms with E-state index < -0.39 is 0 Å². The second kappa shape index (κ2) is 13.9. The number of nitrogens with zero attached hydrogens (tertiary/aromatic N) is 2. The lowest BCUT2D eigenvalue weighted by molar-refractivity contribution is -0.127. The van der Waals surface area contributed by atoms with Crippen molar-refractivity contribution < 1.29 is 4.79 Å². The van der Waals surface area contributed by atoms with Gasteiger partial charge in [-0.3, -0.25) is 4.79 Å². The number of amides is 1. The minimum Gasteiger partial charge on any atom is -0.356 e. The molecule has 1 amide bonds. The third-order valence-electron chi connectivity index (χ3n) is 4.22. The predicted molar refractivity (Wildman–Crippen MR) is 109 cm³/mol. The maximum absolute atomic E-state index is 11.6. The standard InChI is InChI=1S/C17H34N4O.HI/c1-4-12-18-17(20-14-16(22)21(2)3)19-13-8-7-11-15-9-5-6-10-15;/h15H,4-14H2,1-3H3,(H2,18,19,20);1H. The van der Waals surface area contributed by atoms with Crippen LogP contribution in [0, 0.1) is 5.92 Å². The summed E-state index contributed by atoms with van der Waals surface area (Å²) in [6.45, 7) is 4.13. The minimum absolute atomic E-state index is 0. The molecule has 0 aromatic carbocycles. The second-order valence-corrected chi connectivity index (χ2v) is 6.45. The van der Waals surface area contributed by atoms with Crippen LogP contribution in [0.5, 0.6) is 0 Å². The highest BCUT2D eigenvalue weighted by Gasteiger charge is 2.13. The normalized spacial score (nSPS) is 15.2. The van der Waals surface area contributed by atoms with E-state index in [4.69, 9.17) is 0 Å². The molecule has 2 N–H and O–H groups in total. The van der Waals surface area contributed by atoms with E-state index in [1.165, 1.54) is 44.9 Å². The molecular weight excluding hydrogens is 403 g/mol. The minimum atomic E-state index is 0. The smallest absolute Gasteiger partial charge is 0.243 e. The Morgan fingerprint density at radius 1 is 1.13 bits per heavy atom. The Kier molecular flexibility index (Phi) is 13.5. The largest absolute Gasteiger partial charge is 0.356 e. The Morgan fingerprint density at radius 3 is 2.39 bits per heavy atom. The maximum atomic E-state index is 11.6. The number of rotatable bonds is 9. The topological polar surface area (TPSA) is 56.7 Å². The fourth-order valence-corrected chi connectivity index (χ4v) is 2.77. The summed E-state index contributed by atoms with van der Waals surface area (Å²) in [5.74, 6) is 1.76. The Morgan fingerprint density at radius 2 is 1.78 bits per heavy atom. The number of guanidine groups is 1. The van der Waals surface area contributed by atoms with Crippen molar-refractivity contribution in [2.24, 2.45) is 10.9 Å².